The molecule has 1 aliphatic rings. The zero-order valence-electron chi connectivity index (χ0n) is 27.8. The number of nitrogens with zero attached hydrogens (tertiary/aromatic N) is 2. The van der Waals surface area contributed by atoms with Crippen LogP contribution >= 0.6 is 0 Å². The number of benzene rings is 2. The van der Waals surface area contributed by atoms with Crippen LogP contribution in [0.5, 0.6) is 0 Å². The van der Waals surface area contributed by atoms with Gasteiger partial charge in [-0.05, 0) is 67.0 Å². The average molecular weight is 635 g/mol. The van der Waals surface area contributed by atoms with E-state index in [1.165, 1.54) is 0 Å². The second-order valence-electron chi connectivity index (χ2n) is 12.0. The zero-order valence-corrected chi connectivity index (χ0v) is 27.8. The molecular weight excluding hydrogens is 588 g/mol. The van der Waals surface area contributed by atoms with Crippen LogP contribution < -0.4 is 10.6 Å². The number of nitrogens with one attached hydrogen (secondary N) is 2. The van der Waals surface area contributed by atoms with Crippen LogP contribution in [0, 0.1) is 6.92 Å². The molecule has 3 rings (SSSR count). The van der Waals surface area contributed by atoms with Crippen LogP contribution in [-0.4, -0.2) is 78.6 Å². The Morgan fingerprint density at radius 1 is 1.04 bits per heavy atom. The van der Waals surface area contributed by atoms with E-state index >= 15 is 0 Å². The first-order valence-corrected chi connectivity index (χ1v) is 15.5. The number of hydrogen-bond acceptors (Lipinski definition) is 8. The normalized spacial score (nSPS) is 15.0. The van der Waals surface area contributed by atoms with Crippen molar-refractivity contribution in [1.82, 2.24) is 20.4 Å². The van der Waals surface area contributed by atoms with Crippen LogP contribution in [0.3, 0.4) is 0 Å². The van der Waals surface area contributed by atoms with Gasteiger partial charge in [-0.25, -0.2) is 0 Å². The van der Waals surface area contributed by atoms with Crippen LogP contribution in [0.15, 0.2) is 36.4 Å². The molecule has 1 aliphatic heterocycles. The van der Waals surface area contributed by atoms with Crippen LogP contribution in [0.1, 0.15) is 108 Å². The number of carbonyl (C=O) groups excluding carboxylic acids is 7. The monoisotopic (exact) mass is 634 g/mol. The minimum atomic E-state index is -0.945. The molecule has 11 nitrogen and oxygen atoms in total. The first kappa shape index (κ1) is 37.7. The van der Waals surface area contributed by atoms with Crippen molar-refractivity contribution >= 4 is 42.6 Å². The van der Waals surface area contributed by atoms with Crippen molar-refractivity contribution in [3.05, 3.63) is 69.8 Å². The largest absolute Gasteiger partial charge is 0.358 e. The molecule has 0 bridgehead atoms. The molecule has 11 heteroatoms. The first-order chi connectivity index (χ1) is 21.8. The maximum Gasteiger partial charge on any atom is 0.261 e. The Labute approximate surface area is 271 Å². The van der Waals surface area contributed by atoms with E-state index in [-0.39, 0.29) is 36.5 Å². The standard InChI is InChI=1S/C18H26N2O3.C17H20N2O4/c1-13(2)15-8-5-7-14(12-22)16(15)11-20(4)17(9-6-10-21)18(23)19-3;1-10(2)12-5-4-11(3)13(8-12)17(23)19(9-20)14-6-7-15(21)18-16(14)22/h5,7-8,10,12-13,17H,6,9,11H2,1-4H3,(H,19,23);4-5,8-10,14H,6-7H2,1-3H3,(H,18,21,22). The predicted octanol–water partition coefficient (Wildman–Crippen LogP) is 3.67. The van der Waals surface area contributed by atoms with Crippen molar-refractivity contribution in [3.63, 3.8) is 0 Å². The summed E-state index contributed by atoms with van der Waals surface area (Å²) in [5.41, 5.74) is 4.81. The number of imide groups is 2. The molecule has 0 radical (unpaired) electrons. The van der Waals surface area contributed by atoms with Crippen LogP contribution in [0.2, 0.25) is 0 Å². The summed E-state index contributed by atoms with van der Waals surface area (Å²) in [6.07, 6.45) is 3.09. The highest BCUT2D eigenvalue weighted by Gasteiger charge is 2.35. The van der Waals surface area contributed by atoms with Gasteiger partial charge in [0.15, 0.2) is 0 Å². The molecule has 46 heavy (non-hydrogen) atoms. The molecule has 0 saturated carbocycles. The molecule has 2 atom stereocenters. The van der Waals surface area contributed by atoms with Gasteiger partial charge in [-0.2, -0.15) is 0 Å². The van der Waals surface area contributed by atoms with E-state index < -0.39 is 23.9 Å². The van der Waals surface area contributed by atoms with E-state index in [0.29, 0.717) is 36.9 Å². The highest BCUT2D eigenvalue weighted by atomic mass is 16.2. The second-order valence-corrected chi connectivity index (χ2v) is 12.0. The molecule has 1 heterocycles. The zero-order chi connectivity index (χ0) is 34.6. The fourth-order valence-corrected chi connectivity index (χ4v) is 5.34. The lowest BCUT2D eigenvalue weighted by Gasteiger charge is -2.28. The number of aldehydes is 2. The van der Waals surface area contributed by atoms with Crippen molar-refractivity contribution in [2.24, 2.45) is 0 Å². The fraction of sp³-hybridized carbons (Fsp3) is 0.457. The van der Waals surface area contributed by atoms with Crippen LogP contribution in [0.25, 0.3) is 0 Å². The van der Waals surface area contributed by atoms with E-state index in [4.69, 9.17) is 0 Å². The van der Waals surface area contributed by atoms with E-state index in [0.717, 1.165) is 39.7 Å². The summed E-state index contributed by atoms with van der Waals surface area (Å²) in [5.74, 6) is -1.12. The Kier molecular flexibility index (Phi) is 14.6. The Balaban J connectivity index is 0.000000320. The van der Waals surface area contributed by atoms with E-state index in [1.807, 2.05) is 50.1 Å². The Morgan fingerprint density at radius 2 is 1.74 bits per heavy atom. The van der Waals surface area contributed by atoms with Gasteiger partial charge < -0.3 is 10.1 Å². The minimum absolute atomic E-state index is 0.110. The number of carbonyl (C=O) groups is 7. The molecule has 0 spiro atoms. The van der Waals surface area contributed by atoms with Crippen molar-refractivity contribution in [2.75, 3.05) is 14.1 Å². The number of piperidine rings is 1. The van der Waals surface area contributed by atoms with Crippen LogP contribution in [0.4, 0.5) is 0 Å². The Hall–Kier alpha value is -4.51. The predicted molar refractivity (Wildman–Crippen MR) is 174 cm³/mol. The number of hydrogen-bond donors (Lipinski definition) is 2. The number of amides is 5. The van der Waals surface area contributed by atoms with Gasteiger partial charge in [0, 0.05) is 37.6 Å². The molecule has 2 aromatic rings. The Morgan fingerprint density at radius 3 is 2.28 bits per heavy atom. The maximum atomic E-state index is 12.7. The summed E-state index contributed by atoms with van der Waals surface area (Å²) in [6, 6.07) is 9.87. The minimum Gasteiger partial charge on any atom is -0.358 e. The van der Waals surface area contributed by atoms with Crippen LogP contribution in [-0.2, 0) is 30.5 Å². The molecule has 1 fully saturated rings. The lowest BCUT2D eigenvalue weighted by atomic mass is 9.93. The van der Waals surface area contributed by atoms with Gasteiger partial charge >= 0.3 is 0 Å². The fourth-order valence-electron chi connectivity index (χ4n) is 5.34. The lowest BCUT2D eigenvalue weighted by molar-refractivity contribution is -0.139. The lowest BCUT2D eigenvalue weighted by Crippen LogP contribution is -2.53. The van der Waals surface area contributed by atoms with Crippen molar-refractivity contribution in [1.29, 1.82) is 0 Å². The molecule has 0 aromatic heterocycles. The summed E-state index contributed by atoms with van der Waals surface area (Å²) >= 11 is 0. The van der Waals surface area contributed by atoms with Gasteiger partial charge in [-0.3, -0.25) is 43.9 Å². The molecule has 2 unspecified atom stereocenters. The summed E-state index contributed by atoms with van der Waals surface area (Å²) in [4.78, 5) is 84.2. The summed E-state index contributed by atoms with van der Waals surface area (Å²) < 4.78 is 0. The first-order valence-electron chi connectivity index (χ1n) is 15.5. The smallest absolute Gasteiger partial charge is 0.261 e. The summed E-state index contributed by atoms with van der Waals surface area (Å²) in [5, 5.41) is 4.80. The molecular formula is C35H46N4O7. The second kappa shape index (κ2) is 17.8. The van der Waals surface area contributed by atoms with Gasteiger partial charge in [0.1, 0.15) is 18.6 Å². The van der Waals surface area contributed by atoms with Crippen molar-refractivity contribution in [3.8, 4) is 0 Å². The van der Waals surface area contributed by atoms with Gasteiger partial charge in [-0.1, -0.05) is 58.0 Å². The molecule has 5 amide bonds. The van der Waals surface area contributed by atoms with Gasteiger partial charge in [0.05, 0.1) is 6.04 Å². The number of likely N-dealkylation sites (N-methyl/N-ethyl adjacent to an activating group) is 2. The topological polar surface area (TPSA) is 150 Å². The molecule has 2 N–H and O–H groups in total. The van der Waals surface area contributed by atoms with Crippen molar-refractivity contribution < 1.29 is 33.6 Å². The maximum absolute atomic E-state index is 12.7. The SMILES string of the molecule is CNC(=O)C(CCC=O)N(C)Cc1c(C=O)cccc1C(C)C.Cc1ccc(C(C)C)cc1C(=O)N(C=O)C1CCC(=O)NC1=O. The average Bonchev–Trinajstić information content (AvgIpc) is 3.02. The summed E-state index contributed by atoms with van der Waals surface area (Å²) in [6.45, 7) is 10.4. The van der Waals surface area contributed by atoms with E-state index in [9.17, 15) is 33.6 Å². The third-order valence-corrected chi connectivity index (χ3v) is 8.10. The van der Waals surface area contributed by atoms with E-state index in [1.54, 1.807) is 26.1 Å². The molecule has 1 saturated heterocycles. The molecule has 0 aliphatic carbocycles. The third-order valence-electron chi connectivity index (χ3n) is 8.10. The number of aryl methyl sites for hydroxylation is 1. The third kappa shape index (κ3) is 9.74. The van der Waals surface area contributed by atoms with Gasteiger partial charge in [0.25, 0.3) is 5.91 Å². The summed E-state index contributed by atoms with van der Waals surface area (Å²) in [7, 11) is 3.43. The van der Waals surface area contributed by atoms with Gasteiger partial charge in [0.2, 0.25) is 24.1 Å². The van der Waals surface area contributed by atoms with E-state index in [2.05, 4.69) is 24.5 Å². The highest BCUT2D eigenvalue weighted by Crippen LogP contribution is 2.25. The highest BCUT2D eigenvalue weighted by molar-refractivity contribution is 6.07. The Bertz CT molecular complexity index is 1440. The molecule has 2 aromatic carbocycles. The van der Waals surface area contributed by atoms with Gasteiger partial charge in [-0.15, -0.1) is 0 Å². The molecule has 248 valence electrons. The number of rotatable bonds is 13. The van der Waals surface area contributed by atoms with Crippen molar-refractivity contribution in [2.45, 2.75) is 90.8 Å². The quantitative estimate of drug-likeness (QED) is 0.250.